The number of anilines is 1. The quantitative estimate of drug-likeness (QED) is 0.617. The summed E-state index contributed by atoms with van der Waals surface area (Å²) in [5.41, 5.74) is 1.69. The lowest BCUT2D eigenvalue weighted by Gasteiger charge is -2.27. The number of para-hydroxylation sites is 1. The largest absolute Gasteiger partial charge is 0.492 e. The Balaban J connectivity index is 1.46. The van der Waals surface area contributed by atoms with Gasteiger partial charge in [-0.1, -0.05) is 18.2 Å². The third-order valence-corrected chi connectivity index (χ3v) is 4.88. The first kappa shape index (κ1) is 21.2. The highest BCUT2D eigenvalue weighted by Gasteiger charge is 2.27. The van der Waals surface area contributed by atoms with Gasteiger partial charge in [0.25, 0.3) is 5.91 Å². The van der Waals surface area contributed by atoms with Gasteiger partial charge >= 0.3 is 6.09 Å². The number of hydrogen-bond donors (Lipinski definition) is 2. The van der Waals surface area contributed by atoms with Gasteiger partial charge in [0, 0.05) is 41.7 Å². The Hall–Kier alpha value is -4.01. The van der Waals surface area contributed by atoms with Crippen LogP contribution in [0.25, 0.3) is 0 Å². The molecule has 0 aliphatic carbocycles. The number of nitrogens with one attached hydrogen (secondary N) is 2. The van der Waals surface area contributed by atoms with E-state index in [4.69, 9.17) is 9.47 Å². The zero-order valence-electron chi connectivity index (χ0n) is 16.8. The molecule has 1 aliphatic rings. The van der Waals surface area contributed by atoms with E-state index in [-0.39, 0.29) is 24.5 Å². The van der Waals surface area contributed by atoms with E-state index in [9.17, 15) is 18.4 Å². The maximum Gasteiger partial charge on any atom is 0.407 e. The fourth-order valence-electron chi connectivity index (χ4n) is 3.34. The summed E-state index contributed by atoms with van der Waals surface area (Å²) in [6, 6.07) is 11.2. The van der Waals surface area contributed by atoms with Crippen molar-refractivity contribution in [3.63, 3.8) is 0 Å². The third kappa shape index (κ3) is 4.83. The molecule has 1 aromatic heterocycles. The summed E-state index contributed by atoms with van der Waals surface area (Å²) in [7, 11) is 0. The van der Waals surface area contributed by atoms with E-state index in [1.54, 1.807) is 42.7 Å². The molecule has 1 unspecified atom stereocenters. The predicted octanol–water partition coefficient (Wildman–Crippen LogP) is 4.36. The van der Waals surface area contributed by atoms with Crippen LogP contribution in [0.3, 0.4) is 0 Å². The second-order valence-electron chi connectivity index (χ2n) is 7.08. The number of benzene rings is 2. The van der Waals surface area contributed by atoms with Crippen LogP contribution in [0.2, 0.25) is 0 Å². The van der Waals surface area contributed by atoms with Crippen molar-refractivity contribution in [3.05, 3.63) is 89.2 Å². The third-order valence-electron chi connectivity index (χ3n) is 4.88. The highest BCUT2D eigenvalue weighted by molar-refractivity contribution is 6.06. The summed E-state index contributed by atoms with van der Waals surface area (Å²) in [6.07, 6.45) is 3.12. The molecule has 0 saturated carbocycles. The minimum absolute atomic E-state index is 0.0758. The maximum absolute atomic E-state index is 13.4. The molecule has 2 N–H and O–H groups in total. The first-order chi connectivity index (χ1) is 15.5. The van der Waals surface area contributed by atoms with Gasteiger partial charge in [-0.05, 0) is 24.3 Å². The molecule has 1 aliphatic heterocycles. The smallest absolute Gasteiger partial charge is 0.407 e. The molecule has 2 amide bonds. The summed E-state index contributed by atoms with van der Waals surface area (Å²) in [5, 5.41) is 5.32. The van der Waals surface area contributed by atoms with Crippen molar-refractivity contribution in [3.8, 4) is 5.75 Å². The molecule has 32 heavy (non-hydrogen) atoms. The molecule has 9 heteroatoms. The van der Waals surface area contributed by atoms with Crippen LogP contribution in [0.1, 0.15) is 33.9 Å². The molecular formula is C23H19F2N3O4. The number of carbonyl (C=O) groups excluding carboxylic acids is 2. The Labute approximate surface area is 182 Å². The molecule has 7 nitrogen and oxygen atoms in total. The highest BCUT2D eigenvalue weighted by Crippen LogP contribution is 2.35. The van der Waals surface area contributed by atoms with E-state index in [0.29, 0.717) is 17.7 Å². The molecule has 2 heterocycles. The molecule has 0 radical (unpaired) electrons. The topological polar surface area (TPSA) is 89.5 Å². The van der Waals surface area contributed by atoms with Gasteiger partial charge in [-0.2, -0.15) is 0 Å². The van der Waals surface area contributed by atoms with Crippen molar-refractivity contribution in [1.29, 1.82) is 0 Å². The molecule has 0 spiro atoms. The Morgan fingerprint density at radius 3 is 2.78 bits per heavy atom. The number of halogens is 2. The molecule has 0 fully saturated rings. The number of ether oxygens (including phenoxy) is 2. The zero-order chi connectivity index (χ0) is 22.5. The highest BCUT2D eigenvalue weighted by atomic mass is 19.2. The minimum atomic E-state index is -1.07. The molecule has 1 atom stereocenters. The molecule has 2 aromatic carbocycles. The summed E-state index contributed by atoms with van der Waals surface area (Å²) in [4.78, 5) is 29.0. The molecular weight excluding hydrogens is 420 g/mol. The van der Waals surface area contributed by atoms with Gasteiger partial charge in [0.1, 0.15) is 12.4 Å². The van der Waals surface area contributed by atoms with E-state index in [0.717, 1.165) is 17.7 Å². The van der Waals surface area contributed by atoms with Crippen molar-refractivity contribution in [2.75, 3.05) is 11.9 Å². The Kier molecular flexibility index (Phi) is 6.25. The number of rotatable bonds is 5. The van der Waals surface area contributed by atoms with Crippen LogP contribution < -0.4 is 15.4 Å². The van der Waals surface area contributed by atoms with Crippen LogP contribution in [0.4, 0.5) is 19.3 Å². The maximum atomic E-state index is 13.4. The number of fused-ring (bicyclic) bond motifs is 1. The van der Waals surface area contributed by atoms with Crippen molar-refractivity contribution < 1.29 is 27.8 Å². The van der Waals surface area contributed by atoms with Crippen LogP contribution in [0.15, 0.2) is 60.9 Å². The van der Waals surface area contributed by atoms with Gasteiger partial charge in [-0.25, -0.2) is 13.6 Å². The Morgan fingerprint density at radius 2 is 2.00 bits per heavy atom. The standard InChI is InChI=1S/C23H19F2N3O4/c24-18-7-6-15(11-19(18)25)27-22(29)17-5-1-4-16-20(8-10-31-21(16)17)28-23(30)32-13-14-3-2-9-26-12-14/h1-7,9,11-12,20H,8,10,13H2,(H,27,29)(H,28,30). The molecule has 4 rings (SSSR count). The van der Waals surface area contributed by atoms with E-state index in [1.807, 2.05) is 0 Å². The van der Waals surface area contributed by atoms with Crippen LogP contribution in [-0.4, -0.2) is 23.6 Å². The fourth-order valence-corrected chi connectivity index (χ4v) is 3.34. The van der Waals surface area contributed by atoms with Crippen molar-refractivity contribution >= 4 is 17.7 Å². The molecule has 0 saturated heterocycles. The Bertz CT molecular complexity index is 1140. The van der Waals surface area contributed by atoms with Crippen LogP contribution in [-0.2, 0) is 11.3 Å². The van der Waals surface area contributed by atoms with E-state index in [2.05, 4.69) is 15.6 Å². The summed E-state index contributed by atoms with van der Waals surface area (Å²) in [5.74, 6) is -2.31. The SMILES string of the molecule is O=C(NC1CCOc2c(C(=O)Nc3ccc(F)c(F)c3)cccc21)OCc1cccnc1. The van der Waals surface area contributed by atoms with Gasteiger partial charge in [0.05, 0.1) is 18.2 Å². The number of pyridine rings is 1. The van der Waals surface area contributed by atoms with E-state index in [1.165, 1.54) is 6.07 Å². The molecule has 0 bridgehead atoms. The van der Waals surface area contributed by atoms with Gasteiger partial charge in [-0.15, -0.1) is 0 Å². The summed E-state index contributed by atoms with van der Waals surface area (Å²) >= 11 is 0. The van der Waals surface area contributed by atoms with E-state index >= 15 is 0 Å². The number of alkyl carbamates (subject to hydrolysis) is 1. The minimum Gasteiger partial charge on any atom is -0.492 e. The van der Waals surface area contributed by atoms with Gasteiger partial charge in [0.2, 0.25) is 0 Å². The zero-order valence-corrected chi connectivity index (χ0v) is 16.8. The van der Waals surface area contributed by atoms with Crippen molar-refractivity contribution in [1.82, 2.24) is 10.3 Å². The van der Waals surface area contributed by atoms with Crippen molar-refractivity contribution in [2.45, 2.75) is 19.1 Å². The lowest BCUT2D eigenvalue weighted by atomic mass is 9.97. The lowest BCUT2D eigenvalue weighted by Crippen LogP contribution is -2.33. The molecule has 164 valence electrons. The average molecular weight is 439 g/mol. The Morgan fingerprint density at radius 1 is 1.12 bits per heavy atom. The summed E-state index contributed by atoms with van der Waals surface area (Å²) in [6.45, 7) is 0.350. The average Bonchev–Trinajstić information content (AvgIpc) is 2.80. The normalized spacial score (nSPS) is 14.6. The first-order valence-electron chi connectivity index (χ1n) is 9.85. The second-order valence-corrected chi connectivity index (χ2v) is 7.08. The van der Waals surface area contributed by atoms with Crippen LogP contribution in [0, 0.1) is 11.6 Å². The molecule has 3 aromatic rings. The number of aromatic nitrogens is 1. The number of hydrogen-bond acceptors (Lipinski definition) is 5. The fraction of sp³-hybridized carbons (Fsp3) is 0.174. The first-order valence-corrected chi connectivity index (χ1v) is 9.85. The number of carbonyl (C=O) groups is 2. The van der Waals surface area contributed by atoms with Gasteiger partial charge < -0.3 is 20.1 Å². The monoisotopic (exact) mass is 439 g/mol. The number of nitrogens with zero attached hydrogens (tertiary/aromatic N) is 1. The van der Waals surface area contributed by atoms with Crippen molar-refractivity contribution in [2.24, 2.45) is 0 Å². The van der Waals surface area contributed by atoms with Gasteiger partial charge in [0.15, 0.2) is 11.6 Å². The lowest BCUT2D eigenvalue weighted by molar-refractivity contribution is 0.102. The van der Waals surface area contributed by atoms with E-state index < -0.39 is 29.7 Å². The predicted molar refractivity (Wildman–Crippen MR) is 111 cm³/mol. The number of amides is 2. The second kappa shape index (κ2) is 9.42. The van der Waals surface area contributed by atoms with Crippen LogP contribution >= 0.6 is 0 Å². The van der Waals surface area contributed by atoms with Crippen LogP contribution in [0.5, 0.6) is 5.75 Å². The summed E-state index contributed by atoms with van der Waals surface area (Å²) < 4.78 is 37.5. The van der Waals surface area contributed by atoms with Gasteiger partial charge in [-0.3, -0.25) is 9.78 Å².